The van der Waals surface area contributed by atoms with E-state index in [-0.39, 0.29) is 17.7 Å². The van der Waals surface area contributed by atoms with Gasteiger partial charge in [0.05, 0.1) is 22.4 Å². The summed E-state index contributed by atoms with van der Waals surface area (Å²) in [6.07, 6.45) is 1.17. The Balaban J connectivity index is 1.35. The summed E-state index contributed by atoms with van der Waals surface area (Å²) in [5.74, 6) is -2.08. The molecule has 0 bridgehead atoms. The third kappa shape index (κ3) is 8.75. The van der Waals surface area contributed by atoms with E-state index in [1.54, 1.807) is 108 Å². The zero-order valence-electron chi connectivity index (χ0n) is 27.8. The number of hydrogen-bond donors (Lipinski definition) is 0. The molecule has 5 aromatic rings. The number of allylic oxidation sites excluding steroid dienone is 1. The van der Waals surface area contributed by atoms with Crippen LogP contribution >= 0.6 is 11.3 Å². The Bertz CT molecular complexity index is 2010. The maximum Gasteiger partial charge on any atom is 0.350 e. The van der Waals surface area contributed by atoms with Crippen molar-refractivity contribution in [1.82, 2.24) is 9.55 Å². The lowest BCUT2D eigenvalue weighted by molar-refractivity contribution is -0.0639. The van der Waals surface area contributed by atoms with Gasteiger partial charge < -0.3 is 18.9 Å². The minimum atomic E-state index is -1.34. The molecule has 1 aliphatic rings. The molecule has 10 nitrogen and oxygen atoms in total. The highest BCUT2D eigenvalue weighted by molar-refractivity contribution is 7.11. The molecular weight excluding hydrogens is 669 g/mol. The molecule has 260 valence electrons. The van der Waals surface area contributed by atoms with Crippen LogP contribution in [-0.4, -0.2) is 52.4 Å². The van der Waals surface area contributed by atoms with Crippen LogP contribution in [0.5, 0.6) is 0 Å². The number of esters is 3. The second-order valence-electron chi connectivity index (χ2n) is 11.8. The smallest absolute Gasteiger partial charge is 0.350 e. The Morgan fingerprint density at radius 1 is 0.784 bits per heavy atom. The Labute approximate surface area is 298 Å². The molecule has 0 radical (unpaired) electrons. The first kappa shape index (κ1) is 35.2. The molecule has 1 saturated heterocycles. The number of thiophene rings is 1. The molecule has 1 fully saturated rings. The number of carbonyl (C=O) groups excluding carboxylic acids is 3. The predicted octanol–water partition coefficient (Wildman–Crippen LogP) is 7.24. The van der Waals surface area contributed by atoms with E-state index in [0.29, 0.717) is 11.3 Å². The standard InChI is InChI=1S/C40H36N2O8S/c1-2-3-14-30(33-21-13-24-51-33)25-31-22-23-42(40(46)41-31)36-35(50-39(45)29-19-11-6-12-20-29)34(49-38(44)28-17-9-5-10-18-28)32(48-36)26-47-37(43)27-15-7-4-8-16-27/h4-13,15-25,32,34-36H,2-3,14,26H2,1H3/t32-,34-,35-,36-/m1/s1. The van der Waals surface area contributed by atoms with E-state index in [1.807, 2.05) is 23.6 Å². The average Bonchev–Trinajstić information content (AvgIpc) is 3.82. The van der Waals surface area contributed by atoms with Crippen LogP contribution in [0.3, 0.4) is 0 Å². The summed E-state index contributed by atoms with van der Waals surface area (Å²) >= 11 is 1.62. The maximum absolute atomic E-state index is 13.7. The van der Waals surface area contributed by atoms with E-state index in [9.17, 15) is 19.2 Å². The second-order valence-corrected chi connectivity index (χ2v) is 12.7. The fourth-order valence-electron chi connectivity index (χ4n) is 5.65. The van der Waals surface area contributed by atoms with E-state index in [0.717, 1.165) is 29.7 Å². The average molecular weight is 705 g/mol. The van der Waals surface area contributed by atoms with Crippen molar-refractivity contribution in [1.29, 1.82) is 0 Å². The van der Waals surface area contributed by atoms with Gasteiger partial charge in [0, 0.05) is 11.1 Å². The molecule has 2 aromatic heterocycles. The van der Waals surface area contributed by atoms with Crippen molar-refractivity contribution in [3.8, 4) is 0 Å². The van der Waals surface area contributed by atoms with Crippen LogP contribution in [-0.2, 0) is 18.9 Å². The normalized spacial score (nSPS) is 18.6. The zero-order valence-corrected chi connectivity index (χ0v) is 28.6. The van der Waals surface area contributed by atoms with Gasteiger partial charge in [-0.05, 0) is 78.4 Å². The van der Waals surface area contributed by atoms with Crippen molar-refractivity contribution < 1.29 is 33.3 Å². The number of ether oxygens (including phenoxy) is 4. The highest BCUT2D eigenvalue weighted by Crippen LogP contribution is 2.35. The first-order chi connectivity index (χ1) is 24.9. The third-order valence-corrected chi connectivity index (χ3v) is 9.21. The molecule has 0 aliphatic carbocycles. The highest BCUT2D eigenvalue weighted by atomic mass is 32.1. The summed E-state index contributed by atoms with van der Waals surface area (Å²) in [4.78, 5) is 59.0. The molecule has 0 saturated carbocycles. The number of nitrogens with zero attached hydrogens (tertiary/aromatic N) is 2. The molecule has 3 aromatic carbocycles. The number of rotatable bonds is 13. The van der Waals surface area contributed by atoms with Crippen LogP contribution in [0.4, 0.5) is 0 Å². The minimum absolute atomic E-state index is 0.238. The van der Waals surface area contributed by atoms with Crippen LogP contribution in [0.2, 0.25) is 0 Å². The fourth-order valence-corrected chi connectivity index (χ4v) is 6.43. The number of aromatic nitrogens is 2. The lowest BCUT2D eigenvalue weighted by Crippen LogP contribution is -2.42. The number of hydrogen-bond acceptors (Lipinski definition) is 10. The highest BCUT2D eigenvalue weighted by Gasteiger charge is 2.51. The maximum atomic E-state index is 13.7. The van der Waals surface area contributed by atoms with E-state index >= 15 is 0 Å². The third-order valence-electron chi connectivity index (χ3n) is 8.26. The summed E-state index contributed by atoms with van der Waals surface area (Å²) in [6, 6.07) is 30.6. The summed E-state index contributed by atoms with van der Waals surface area (Å²) in [6.45, 7) is 1.75. The molecule has 0 spiro atoms. The minimum Gasteiger partial charge on any atom is -0.459 e. The van der Waals surface area contributed by atoms with E-state index < -0.39 is 48.1 Å². The molecule has 4 atom stereocenters. The second kappa shape index (κ2) is 16.8. The Morgan fingerprint density at radius 3 is 1.92 bits per heavy atom. The van der Waals surface area contributed by atoms with Crippen LogP contribution in [0.25, 0.3) is 11.6 Å². The first-order valence-corrected chi connectivity index (χ1v) is 17.5. The van der Waals surface area contributed by atoms with Gasteiger partial charge in [-0.3, -0.25) is 4.57 Å². The van der Waals surface area contributed by atoms with Crippen LogP contribution in [0, 0.1) is 0 Å². The van der Waals surface area contributed by atoms with Gasteiger partial charge in [0.1, 0.15) is 12.7 Å². The van der Waals surface area contributed by atoms with E-state index in [4.69, 9.17) is 18.9 Å². The zero-order chi connectivity index (χ0) is 35.6. The van der Waals surface area contributed by atoms with Gasteiger partial charge in [-0.25, -0.2) is 19.2 Å². The Hall–Kier alpha value is -5.65. The van der Waals surface area contributed by atoms with Gasteiger partial charge in [0.15, 0.2) is 18.4 Å². The molecule has 51 heavy (non-hydrogen) atoms. The lowest BCUT2D eigenvalue weighted by atomic mass is 10.1. The van der Waals surface area contributed by atoms with Crippen molar-refractivity contribution in [3.63, 3.8) is 0 Å². The molecule has 11 heteroatoms. The number of benzene rings is 3. The van der Waals surface area contributed by atoms with Crippen molar-refractivity contribution in [2.24, 2.45) is 0 Å². The number of carbonyl (C=O) groups is 3. The van der Waals surface area contributed by atoms with Gasteiger partial charge in [-0.1, -0.05) is 74.0 Å². The van der Waals surface area contributed by atoms with Gasteiger partial charge >= 0.3 is 23.6 Å². The van der Waals surface area contributed by atoms with Gasteiger partial charge in [0.25, 0.3) is 0 Å². The molecular formula is C40H36N2O8S. The summed E-state index contributed by atoms with van der Waals surface area (Å²) in [7, 11) is 0. The predicted molar refractivity (Wildman–Crippen MR) is 192 cm³/mol. The Kier molecular flexibility index (Phi) is 11.6. The molecule has 3 heterocycles. The first-order valence-electron chi connectivity index (χ1n) is 16.6. The van der Waals surface area contributed by atoms with Crippen LogP contribution < -0.4 is 5.69 Å². The summed E-state index contributed by atoms with van der Waals surface area (Å²) < 4.78 is 25.1. The molecule has 1 aliphatic heterocycles. The Morgan fingerprint density at radius 2 is 1.37 bits per heavy atom. The number of unbranched alkanes of at least 4 members (excludes halogenated alkanes) is 1. The topological polar surface area (TPSA) is 123 Å². The van der Waals surface area contributed by atoms with Crippen molar-refractivity contribution in [2.75, 3.05) is 6.61 Å². The molecule has 0 unspecified atom stereocenters. The molecule has 6 rings (SSSR count). The van der Waals surface area contributed by atoms with Gasteiger partial charge in [-0.15, -0.1) is 11.3 Å². The van der Waals surface area contributed by atoms with Crippen molar-refractivity contribution in [3.05, 3.63) is 159 Å². The SMILES string of the molecule is CCCCC(=Cc1ccn([C@@H]2O[C@H](COC(=O)c3ccccc3)[C@@H](OC(=O)c3ccccc3)[C@H]2OC(=O)c2ccccc2)c(=O)n1)c1cccs1. The van der Waals surface area contributed by atoms with Crippen molar-refractivity contribution in [2.45, 2.75) is 50.7 Å². The molecule has 0 N–H and O–H groups in total. The summed E-state index contributed by atoms with van der Waals surface area (Å²) in [5.41, 5.74) is 1.63. The van der Waals surface area contributed by atoms with Crippen molar-refractivity contribution >= 4 is 40.9 Å². The van der Waals surface area contributed by atoms with Crippen LogP contribution in [0.15, 0.2) is 126 Å². The monoisotopic (exact) mass is 704 g/mol. The molecule has 0 amide bonds. The largest absolute Gasteiger partial charge is 0.459 e. The fraction of sp³-hybridized carbons (Fsp3) is 0.225. The van der Waals surface area contributed by atoms with E-state index in [2.05, 4.69) is 11.9 Å². The van der Waals surface area contributed by atoms with Gasteiger partial charge in [-0.2, -0.15) is 4.98 Å². The lowest BCUT2D eigenvalue weighted by Gasteiger charge is -2.25. The van der Waals surface area contributed by atoms with E-state index in [1.165, 1.54) is 10.8 Å². The quantitative estimate of drug-likeness (QED) is 0.0922. The van der Waals surface area contributed by atoms with Gasteiger partial charge in [0.2, 0.25) is 0 Å². The van der Waals surface area contributed by atoms with Crippen LogP contribution in [0.1, 0.15) is 74.1 Å². The summed E-state index contributed by atoms with van der Waals surface area (Å²) in [5, 5.41) is 2.00.